The van der Waals surface area contributed by atoms with Crippen molar-refractivity contribution in [3.8, 4) is 0 Å². The van der Waals surface area contributed by atoms with Crippen molar-refractivity contribution in [1.82, 2.24) is 9.80 Å². The van der Waals surface area contributed by atoms with Gasteiger partial charge in [-0.3, -0.25) is 9.59 Å². The molecule has 128 valence electrons. The van der Waals surface area contributed by atoms with Crippen LogP contribution in [-0.2, 0) is 22.4 Å². The third-order valence-corrected chi connectivity index (χ3v) is 6.49. The van der Waals surface area contributed by atoms with Gasteiger partial charge >= 0.3 is 0 Å². The molecule has 4 nitrogen and oxygen atoms in total. The maximum absolute atomic E-state index is 12.8. The molecule has 0 spiro atoms. The average molecular weight is 344 g/mol. The van der Waals surface area contributed by atoms with Crippen LogP contribution >= 0.6 is 11.8 Å². The van der Waals surface area contributed by atoms with E-state index in [0.717, 1.165) is 50.4 Å². The van der Waals surface area contributed by atoms with Crippen LogP contribution in [0, 0.1) is 5.92 Å². The summed E-state index contributed by atoms with van der Waals surface area (Å²) in [7, 11) is 0. The number of carbonyl (C=O) groups is 2. The van der Waals surface area contributed by atoms with Gasteiger partial charge in [-0.2, -0.15) is 0 Å². The van der Waals surface area contributed by atoms with E-state index in [9.17, 15) is 9.59 Å². The number of nitrogens with zero attached hydrogens (tertiary/aromatic N) is 2. The zero-order valence-electron chi connectivity index (χ0n) is 13.9. The molecular weight excluding hydrogens is 320 g/mol. The van der Waals surface area contributed by atoms with Gasteiger partial charge in [-0.1, -0.05) is 24.3 Å². The van der Waals surface area contributed by atoms with Crippen LogP contribution < -0.4 is 0 Å². The Labute approximate surface area is 147 Å². The molecule has 0 unspecified atom stereocenters. The molecule has 5 heteroatoms. The van der Waals surface area contributed by atoms with E-state index in [4.69, 9.17) is 0 Å². The molecule has 1 aromatic carbocycles. The van der Waals surface area contributed by atoms with Crippen LogP contribution in [0.4, 0.5) is 0 Å². The molecule has 0 N–H and O–H groups in total. The summed E-state index contributed by atoms with van der Waals surface area (Å²) in [6, 6.07) is 8.29. The van der Waals surface area contributed by atoms with Gasteiger partial charge in [-0.05, 0) is 42.7 Å². The van der Waals surface area contributed by atoms with Crippen LogP contribution in [0.25, 0.3) is 0 Å². The Hall–Kier alpha value is -1.49. The third-order valence-electron chi connectivity index (χ3n) is 5.52. The Bertz CT molecular complexity index is 617. The normalized spacial score (nSPS) is 23.8. The fourth-order valence-electron chi connectivity index (χ4n) is 4.28. The van der Waals surface area contributed by atoms with Gasteiger partial charge in [0, 0.05) is 25.3 Å². The van der Waals surface area contributed by atoms with Crippen molar-refractivity contribution in [3.63, 3.8) is 0 Å². The fraction of sp³-hybridized carbons (Fsp3) is 0.579. The number of thioether (sulfide) groups is 1. The van der Waals surface area contributed by atoms with Crippen molar-refractivity contribution < 1.29 is 9.59 Å². The molecule has 1 aliphatic carbocycles. The highest BCUT2D eigenvalue weighted by atomic mass is 32.2. The van der Waals surface area contributed by atoms with Gasteiger partial charge in [0.1, 0.15) is 6.04 Å². The first-order valence-corrected chi connectivity index (χ1v) is 10.1. The third kappa shape index (κ3) is 3.06. The first-order valence-electron chi connectivity index (χ1n) is 8.95. The van der Waals surface area contributed by atoms with Crippen LogP contribution in [-0.4, -0.2) is 52.4 Å². The topological polar surface area (TPSA) is 40.6 Å². The lowest BCUT2D eigenvalue weighted by Gasteiger charge is -2.28. The van der Waals surface area contributed by atoms with Crippen molar-refractivity contribution in [2.45, 2.75) is 38.1 Å². The molecule has 0 radical (unpaired) electrons. The molecule has 2 heterocycles. The van der Waals surface area contributed by atoms with Crippen LogP contribution in [0.1, 0.15) is 30.4 Å². The largest absolute Gasteiger partial charge is 0.331 e. The number of carbonyl (C=O) groups excluding carboxylic acids is 2. The quantitative estimate of drug-likeness (QED) is 0.845. The minimum absolute atomic E-state index is 0.167. The highest BCUT2D eigenvalue weighted by Gasteiger charge is 2.38. The van der Waals surface area contributed by atoms with E-state index in [0.29, 0.717) is 12.3 Å². The lowest BCUT2D eigenvalue weighted by Crippen LogP contribution is -2.47. The maximum Gasteiger partial charge on any atom is 0.246 e. The van der Waals surface area contributed by atoms with E-state index in [1.54, 1.807) is 11.8 Å². The summed E-state index contributed by atoms with van der Waals surface area (Å²) in [4.78, 5) is 29.3. The van der Waals surface area contributed by atoms with Crippen molar-refractivity contribution >= 4 is 23.6 Å². The number of likely N-dealkylation sites (tertiary alicyclic amines) is 1. The minimum atomic E-state index is -0.208. The Morgan fingerprint density at radius 2 is 1.88 bits per heavy atom. The summed E-state index contributed by atoms with van der Waals surface area (Å²) >= 11 is 1.80. The van der Waals surface area contributed by atoms with E-state index in [-0.39, 0.29) is 17.9 Å². The zero-order chi connectivity index (χ0) is 16.5. The van der Waals surface area contributed by atoms with E-state index in [1.165, 1.54) is 11.1 Å². The van der Waals surface area contributed by atoms with Gasteiger partial charge in [-0.15, -0.1) is 11.8 Å². The lowest BCUT2D eigenvalue weighted by atomic mass is 10.0. The Balaban J connectivity index is 1.38. The van der Waals surface area contributed by atoms with Crippen molar-refractivity contribution in [2.24, 2.45) is 5.92 Å². The van der Waals surface area contributed by atoms with E-state index in [1.807, 2.05) is 9.80 Å². The second-order valence-corrected chi connectivity index (χ2v) is 8.21. The Morgan fingerprint density at radius 1 is 1.12 bits per heavy atom. The number of hydrogen-bond donors (Lipinski definition) is 0. The first kappa shape index (κ1) is 16.0. The molecule has 2 fully saturated rings. The van der Waals surface area contributed by atoms with Gasteiger partial charge in [0.05, 0.1) is 5.88 Å². The maximum atomic E-state index is 12.8. The number of benzene rings is 1. The molecular formula is C19H24N2O2S. The molecule has 0 saturated carbocycles. The van der Waals surface area contributed by atoms with Gasteiger partial charge in [-0.25, -0.2) is 0 Å². The number of amides is 2. The van der Waals surface area contributed by atoms with E-state index >= 15 is 0 Å². The van der Waals surface area contributed by atoms with Gasteiger partial charge in [0.15, 0.2) is 0 Å². The standard InChI is InChI=1S/C19H24N2O2S/c22-18(12-14-10-15-4-1-2-5-16(15)11-14)21-7-3-6-17(21)19(23)20-8-9-24-13-20/h1-2,4-5,14,17H,3,6-13H2/t17-/m0/s1. The number of rotatable bonds is 3. The smallest absolute Gasteiger partial charge is 0.246 e. The molecule has 4 rings (SSSR count). The van der Waals surface area contributed by atoms with Crippen LogP contribution in [0.15, 0.2) is 24.3 Å². The Kier molecular flexibility index (Phi) is 4.53. The van der Waals surface area contributed by atoms with Crippen LogP contribution in [0.2, 0.25) is 0 Å². The van der Waals surface area contributed by atoms with E-state index in [2.05, 4.69) is 24.3 Å². The molecule has 0 aromatic heterocycles. The molecule has 24 heavy (non-hydrogen) atoms. The summed E-state index contributed by atoms with van der Waals surface area (Å²) in [5.74, 6) is 2.55. The minimum Gasteiger partial charge on any atom is -0.331 e. The van der Waals surface area contributed by atoms with Crippen molar-refractivity contribution in [1.29, 1.82) is 0 Å². The monoisotopic (exact) mass is 344 g/mol. The van der Waals surface area contributed by atoms with Gasteiger partial charge in [0.25, 0.3) is 0 Å². The summed E-state index contributed by atoms with van der Waals surface area (Å²) in [5, 5.41) is 0. The summed E-state index contributed by atoms with van der Waals surface area (Å²) in [6.45, 7) is 1.58. The van der Waals surface area contributed by atoms with Crippen molar-refractivity contribution in [3.05, 3.63) is 35.4 Å². The average Bonchev–Trinajstić information content (AvgIpc) is 3.32. The number of hydrogen-bond acceptors (Lipinski definition) is 3. The molecule has 0 bridgehead atoms. The molecule has 1 aromatic rings. The van der Waals surface area contributed by atoms with E-state index < -0.39 is 0 Å². The summed E-state index contributed by atoms with van der Waals surface area (Å²) in [6.07, 6.45) is 4.35. The highest BCUT2D eigenvalue weighted by molar-refractivity contribution is 7.99. The molecule has 2 amide bonds. The molecule has 2 aliphatic heterocycles. The van der Waals surface area contributed by atoms with Gasteiger partial charge in [0.2, 0.25) is 11.8 Å². The predicted octanol–water partition coefficient (Wildman–Crippen LogP) is 2.32. The molecule has 2 saturated heterocycles. The lowest BCUT2D eigenvalue weighted by molar-refractivity contribution is -0.143. The molecule has 3 aliphatic rings. The second-order valence-electron chi connectivity index (χ2n) is 7.13. The summed E-state index contributed by atoms with van der Waals surface area (Å²) < 4.78 is 0. The second kappa shape index (κ2) is 6.79. The van der Waals surface area contributed by atoms with Crippen LogP contribution in [0.5, 0.6) is 0 Å². The van der Waals surface area contributed by atoms with Crippen molar-refractivity contribution in [2.75, 3.05) is 24.7 Å². The fourth-order valence-corrected chi connectivity index (χ4v) is 5.23. The SMILES string of the molecule is O=C([C@@H]1CCCN1C(=O)CC1Cc2ccccc2C1)N1CCSC1. The summed E-state index contributed by atoms with van der Waals surface area (Å²) in [5.41, 5.74) is 2.77. The first-order chi connectivity index (χ1) is 11.7. The zero-order valence-corrected chi connectivity index (χ0v) is 14.8. The van der Waals surface area contributed by atoms with Gasteiger partial charge < -0.3 is 9.80 Å². The predicted molar refractivity (Wildman–Crippen MR) is 95.7 cm³/mol. The van der Waals surface area contributed by atoms with Crippen LogP contribution in [0.3, 0.4) is 0 Å². The Morgan fingerprint density at radius 3 is 2.54 bits per heavy atom. The highest BCUT2D eigenvalue weighted by Crippen LogP contribution is 2.30. The number of fused-ring (bicyclic) bond motifs is 1. The molecule has 1 atom stereocenters.